The SMILES string of the molecule is Cc1noc(C2CN(C(=O)COc3cccc4c3OC(C)(C)C4)C2)n1. The molecule has 0 aliphatic carbocycles. The summed E-state index contributed by atoms with van der Waals surface area (Å²) in [5, 5.41) is 3.78. The van der Waals surface area contributed by atoms with Crippen molar-refractivity contribution < 1.29 is 18.8 Å². The van der Waals surface area contributed by atoms with E-state index in [1.165, 1.54) is 0 Å². The van der Waals surface area contributed by atoms with E-state index in [-0.39, 0.29) is 24.0 Å². The molecule has 1 saturated heterocycles. The van der Waals surface area contributed by atoms with Crippen LogP contribution in [0.1, 0.15) is 37.0 Å². The fourth-order valence-corrected chi connectivity index (χ4v) is 3.25. The summed E-state index contributed by atoms with van der Waals surface area (Å²) in [6.07, 6.45) is 0.838. The summed E-state index contributed by atoms with van der Waals surface area (Å²) in [6, 6.07) is 5.81. The maximum absolute atomic E-state index is 12.3. The number of rotatable bonds is 4. The van der Waals surface area contributed by atoms with Crippen LogP contribution in [0.4, 0.5) is 0 Å². The number of likely N-dealkylation sites (tertiary alicyclic amines) is 1. The van der Waals surface area contributed by atoms with E-state index < -0.39 is 0 Å². The summed E-state index contributed by atoms with van der Waals surface area (Å²) < 4.78 is 16.8. The zero-order valence-corrected chi connectivity index (χ0v) is 14.6. The third kappa shape index (κ3) is 3.06. The average molecular weight is 343 g/mol. The second-order valence-electron chi connectivity index (χ2n) is 7.25. The van der Waals surface area contributed by atoms with Crippen molar-refractivity contribution in [1.29, 1.82) is 0 Å². The van der Waals surface area contributed by atoms with Crippen LogP contribution in [0.2, 0.25) is 0 Å². The normalized spacial score (nSPS) is 18.4. The predicted octanol–water partition coefficient (Wildman–Crippen LogP) is 2.10. The molecule has 25 heavy (non-hydrogen) atoms. The maximum atomic E-state index is 12.3. The topological polar surface area (TPSA) is 77.7 Å². The van der Waals surface area contributed by atoms with Gasteiger partial charge in [0.25, 0.3) is 5.91 Å². The number of fused-ring (bicyclic) bond motifs is 1. The van der Waals surface area contributed by atoms with Crippen molar-refractivity contribution in [1.82, 2.24) is 15.0 Å². The fraction of sp³-hybridized carbons (Fsp3) is 0.500. The lowest BCUT2D eigenvalue weighted by Crippen LogP contribution is -2.50. The first-order valence-electron chi connectivity index (χ1n) is 8.43. The smallest absolute Gasteiger partial charge is 0.260 e. The number of hydrogen-bond acceptors (Lipinski definition) is 6. The summed E-state index contributed by atoms with van der Waals surface area (Å²) in [5.41, 5.74) is 0.879. The van der Waals surface area contributed by atoms with E-state index in [0.29, 0.717) is 30.6 Å². The number of nitrogens with zero attached hydrogens (tertiary/aromatic N) is 3. The molecule has 2 aliphatic heterocycles. The standard InChI is InChI=1S/C18H21N3O4/c1-11-19-17(25-20-11)13-8-21(9-13)15(22)10-23-14-6-4-5-12-7-18(2,3)24-16(12)14/h4-6,13H,7-10H2,1-3H3. The number of aromatic nitrogens is 2. The zero-order valence-electron chi connectivity index (χ0n) is 14.6. The highest BCUT2D eigenvalue weighted by Crippen LogP contribution is 2.41. The van der Waals surface area contributed by atoms with Gasteiger partial charge in [0.1, 0.15) is 5.60 Å². The van der Waals surface area contributed by atoms with Gasteiger partial charge in [-0.3, -0.25) is 4.79 Å². The number of benzene rings is 1. The van der Waals surface area contributed by atoms with Crippen molar-refractivity contribution in [2.45, 2.75) is 38.7 Å². The summed E-state index contributed by atoms with van der Waals surface area (Å²) in [4.78, 5) is 18.2. The number of hydrogen-bond donors (Lipinski definition) is 0. The van der Waals surface area contributed by atoms with Crippen LogP contribution < -0.4 is 9.47 Å². The van der Waals surface area contributed by atoms with Gasteiger partial charge in [0.05, 0.1) is 5.92 Å². The van der Waals surface area contributed by atoms with Crippen LogP contribution in [-0.4, -0.2) is 46.2 Å². The van der Waals surface area contributed by atoms with Gasteiger partial charge in [0.2, 0.25) is 5.89 Å². The molecule has 132 valence electrons. The Morgan fingerprint density at radius 2 is 2.20 bits per heavy atom. The molecule has 0 bridgehead atoms. The van der Waals surface area contributed by atoms with Gasteiger partial charge >= 0.3 is 0 Å². The van der Waals surface area contributed by atoms with Crippen LogP contribution >= 0.6 is 0 Å². The Labute approximate surface area is 145 Å². The molecule has 1 aromatic carbocycles. The molecule has 0 N–H and O–H groups in total. The largest absolute Gasteiger partial charge is 0.483 e. The van der Waals surface area contributed by atoms with Crippen molar-refractivity contribution in [3.63, 3.8) is 0 Å². The quantitative estimate of drug-likeness (QED) is 0.846. The van der Waals surface area contributed by atoms with Gasteiger partial charge < -0.3 is 18.9 Å². The fourth-order valence-electron chi connectivity index (χ4n) is 3.25. The lowest BCUT2D eigenvalue weighted by atomic mass is 10.0. The van der Waals surface area contributed by atoms with E-state index in [4.69, 9.17) is 14.0 Å². The highest BCUT2D eigenvalue weighted by molar-refractivity contribution is 5.79. The van der Waals surface area contributed by atoms with Crippen LogP contribution in [0, 0.1) is 6.92 Å². The first kappa shape index (κ1) is 15.9. The van der Waals surface area contributed by atoms with Gasteiger partial charge in [-0.25, -0.2) is 0 Å². The molecule has 7 nitrogen and oxygen atoms in total. The lowest BCUT2D eigenvalue weighted by molar-refractivity contribution is -0.138. The van der Waals surface area contributed by atoms with Crippen LogP contribution in [0.15, 0.2) is 22.7 Å². The van der Waals surface area contributed by atoms with Crippen LogP contribution in [0.5, 0.6) is 11.5 Å². The van der Waals surface area contributed by atoms with Gasteiger partial charge in [-0.15, -0.1) is 0 Å². The molecule has 0 radical (unpaired) electrons. The number of amides is 1. The number of aryl methyl sites for hydroxylation is 1. The number of carbonyl (C=O) groups is 1. The summed E-state index contributed by atoms with van der Waals surface area (Å²) in [5.74, 6) is 2.66. The zero-order chi connectivity index (χ0) is 17.6. The summed E-state index contributed by atoms with van der Waals surface area (Å²) in [7, 11) is 0. The minimum absolute atomic E-state index is 0.00414. The highest BCUT2D eigenvalue weighted by atomic mass is 16.5. The van der Waals surface area contributed by atoms with Gasteiger partial charge in [-0.2, -0.15) is 4.98 Å². The van der Waals surface area contributed by atoms with Crippen molar-refractivity contribution in [2.75, 3.05) is 19.7 Å². The highest BCUT2D eigenvalue weighted by Gasteiger charge is 2.36. The van der Waals surface area contributed by atoms with E-state index in [9.17, 15) is 4.79 Å². The number of carbonyl (C=O) groups excluding carboxylic acids is 1. The van der Waals surface area contributed by atoms with Crippen molar-refractivity contribution in [3.8, 4) is 11.5 Å². The van der Waals surface area contributed by atoms with Gasteiger partial charge in [0, 0.05) is 25.1 Å². The second kappa shape index (κ2) is 5.75. The molecule has 0 spiro atoms. The molecule has 2 aliphatic rings. The predicted molar refractivity (Wildman–Crippen MR) is 88.7 cm³/mol. The van der Waals surface area contributed by atoms with Crippen molar-refractivity contribution in [3.05, 3.63) is 35.5 Å². The van der Waals surface area contributed by atoms with E-state index in [1.807, 2.05) is 32.0 Å². The molecule has 1 aromatic heterocycles. The molecule has 0 saturated carbocycles. The van der Waals surface area contributed by atoms with Gasteiger partial charge in [-0.1, -0.05) is 17.3 Å². The first-order chi connectivity index (χ1) is 11.9. The molecule has 7 heteroatoms. The van der Waals surface area contributed by atoms with Gasteiger partial charge in [-0.05, 0) is 26.8 Å². The van der Waals surface area contributed by atoms with Gasteiger partial charge in [0.15, 0.2) is 23.9 Å². The molecule has 2 aromatic rings. The van der Waals surface area contributed by atoms with Crippen LogP contribution in [-0.2, 0) is 11.2 Å². The molecule has 3 heterocycles. The molecular formula is C18H21N3O4. The summed E-state index contributed by atoms with van der Waals surface area (Å²) >= 11 is 0. The molecule has 0 atom stereocenters. The Bertz CT molecular complexity index is 808. The van der Waals surface area contributed by atoms with Crippen molar-refractivity contribution in [2.24, 2.45) is 0 Å². The monoisotopic (exact) mass is 343 g/mol. The first-order valence-corrected chi connectivity index (χ1v) is 8.43. The minimum atomic E-state index is -0.237. The van der Waals surface area contributed by atoms with E-state index in [1.54, 1.807) is 11.8 Å². The third-order valence-corrected chi connectivity index (χ3v) is 4.53. The Morgan fingerprint density at radius 3 is 2.92 bits per heavy atom. The second-order valence-corrected chi connectivity index (χ2v) is 7.25. The average Bonchev–Trinajstić information content (AvgIpc) is 3.05. The molecule has 0 unspecified atom stereocenters. The number of para-hydroxylation sites is 1. The molecule has 1 amide bonds. The Balaban J connectivity index is 1.33. The van der Waals surface area contributed by atoms with E-state index in [0.717, 1.165) is 17.7 Å². The van der Waals surface area contributed by atoms with E-state index in [2.05, 4.69) is 10.1 Å². The molecule has 1 fully saturated rings. The summed E-state index contributed by atoms with van der Waals surface area (Å²) in [6.45, 7) is 7.03. The van der Waals surface area contributed by atoms with Crippen LogP contribution in [0.25, 0.3) is 0 Å². The molecule has 4 rings (SSSR count). The number of ether oxygens (including phenoxy) is 2. The van der Waals surface area contributed by atoms with Crippen molar-refractivity contribution >= 4 is 5.91 Å². The van der Waals surface area contributed by atoms with Crippen LogP contribution in [0.3, 0.4) is 0 Å². The third-order valence-electron chi connectivity index (χ3n) is 4.53. The molecular weight excluding hydrogens is 322 g/mol. The Morgan fingerprint density at radius 1 is 1.40 bits per heavy atom. The maximum Gasteiger partial charge on any atom is 0.260 e. The Hall–Kier alpha value is -2.57. The minimum Gasteiger partial charge on any atom is -0.483 e. The Kier molecular flexibility index (Phi) is 3.67. The van der Waals surface area contributed by atoms with E-state index >= 15 is 0 Å². The lowest BCUT2D eigenvalue weighted by Gasteiger charge is -2.36.